The number of carboxylic acid groups (broad SMARTS) is 1. The molecule has 1 saturated heterocycles. The highest BCUT2D eigenvalue weighted by Gasteiger charge is 2.33. The third kappa shape index (κ3) is 2.41. The number of anilines is 1. The first-order valence-electron chi connectivity index (χ1n) is 7.77. The molecule has 108 valence electrons. The summed E-state index contributed by atoms with van der Waals surface area (Å²) in [6.07, 6.45) is 8.02. The van der Waals surface area contributed by atoms with Crippen LogP contribution in [0.1, 0.15) is 54.4 Å². The molecule has 0 bridgehead atoms. The van der Waals surface area contributed by atoms with Crippen molar-refractivity contribution in [3.05, 3.63) is 29.3 Å². The second kappa shape index (κ2) is 5.47. The van der Waals surface area contributed by atoms with Crippen LogP contribution in [0, 0.1) is 12.8 Å². The zero-order valence-electron chi connectivity index (χ0n) is 12.1. The smallest absolute Gasteiger partial charge is 0.335 e. The van der Waals surface area contributed by atoms with Crippen molar-refractivity contribution in [3.63, 3.8) is 0 Å². The molecular formula is C17H23NO2. The minimum absolute atomic E-state index is 0.422. The molecule has 3 rings (SSSR count). The van der Waals surface area contributed by atoms with Crippen LogP contribution in [-0.4, -0.2) is 23.7 Å². The van der Waals surface area contributed by atoms with Crippen molar-refractivity contribution in [1.29, 1.82) is 0 Å². The SMILES string of the molecule is Cc1cc(N2CCC[C@H]3CCCC[C@H]32)ccc1C(=O)O. The van der Waals surface area contributed by atoms with E-state index in [2.05, 4.69) is 11.0 Å². The lowest BCUT2D eigenvalue weighted by Gasteiger charge is -2.45. The van der Waals surface area contributed by atoms with Gasteiger partial charge < -0.3 is 10.0 Å². The Morgan fingerprint density at radius 1 is 1.20 bits per heavy atom. The van der Waals surface area contributed by atoms with Gasteiger partial charge in [0, 0.05) is 18.3 Å². The molecule has 0 aromatic heterocycles. The number of nitrogens with zero attached hydrogens (tertiary/aromatic N) is 1. The van der Waals surface area contributed by atoms with Gasteiger partial charge in [0.2, 0.25) is 0 Å². The normalized spacial score (nSPS) is 26.1. The third-order valence-electron chi connectivity index (χ3n) is 5.02. The maximum atomic E-state index is 11.1. The topological polar surface area (TPSA) is 40.5 Å². The van der Waals surface area contributed by atoms with Crippen LogP contribution in [0.25, 0.3) is 0 Å². The zero-order chi connectivity index (χ0) is 14.1. The fourth-order valence-corrected chi connectivity index (χ4v) is 4.01. The van der Waals surface area contributed by atoms with Crippen LogP contribution in [0.5, 0.6) is 0 Å². The third-order valence-corrected chi connectivity index (χ3v) is 5.02. The molecule has 1 aromatic carbocycles. The summed E-state index contributed by atoms with van der Waals surface area (Å²) in [6.45, 7) is 3.02. The Morgan fingerprint density at radius 2 is 1.95 bits per heavy atom. The van der Waals surface area contributed by atoms with E-state index in [1.165, 1.54) is 44.2 Å². The predicted molar refractivity (Wildman–Crippen MR) is 80.5 cm³/mol. The van der Waals surface area contributed by atoms with E-state index < -0.39 is 5.97 Å². The minimum Gasteiger partial charge on any atom is -0.478 e. The molecular weight excluding hydrogens is 250 g/mol. The van der Waals surface area contributed by atoms with Crippen molar-refractivity contribution >= 4 is 11.7 Å². The van der Waals surface area contributed by atoms with E-state index in [0.29, 0.717) is 11.6 Å². The molecule has 1 aliphatic carbocycles. The largest absolute Gasteiger partial charge is 0.478 e. The van der Waals surface area contributed by atoms with E-state index in [1.54, 1.807) is 6.07 Å². The summed E-state index contributed by atoms with van der Waals surface area (Å²) >= 11 is 0. The van der Waals surface area contributed by atoms with Gasteiger partial charge in [-0.2, -0.15) is 0 Å². The molecule has 2 atom stereocenters. The predicted octanol–water partition coefficient (Wildman–Crippen LogP) is 3.85. The summed E-state index contributed by atoms with van der Waals surface area (Å²) in [5.41, 5.74) is 2.50. The fourth-order valence-electron chi connectivity index (χ4n) is 4.01. The maximum Gasteiger partial charge on any atom is 0.335 e. The summed E-state index contributed by atoms with van der Waals surface area (Å²) in [5, 5.41) is 9.14. The molecule has 0 unspecified atom stereocenters. The number of aromatic carboxylic acids is 1. The Labute approximate surface area is 120 Å². The standard InChI is InChI=1S/C17H23NO2/c1-12-11-14(8-9-15(12)17(19)20)18-10-4-6-13-5-2-3-7-16(13)18/h8-9,11,13,16H,2-7,10H2,1H3,(H,19,20)/t13-,16-/m1/s1. The summed E-state index contributed by atoms with van der Waals surface area (Å²) in [6, 6.07) is 6.49. The van der Waals surface area contributed by atoms with Crippen molar-refractivity contribution in [3.8, 4) is 0 Å². The fraction of sp³-hybridized carbons (Fsp3) is 0.588. The lowest BCUT2D eigenvalue weighted by atomic mass is 9.78. The van der Waals surface area contributed by atoms with Crippen LogP contribution >= 0.6 is 0 Å². The van der Waals surface area contributed by atoms with E-state index in [1.807, 2.05) is 13.0 Å². The van der Waals surface area contributed by atoms with Gasteiger partial charge in [-0.25, -0.2) is 4.79 Å². The summed E-state index contributed by atoms with van der Waals surface area (Å²) in [4.78, 5) is 13.7. The van der Waals surface area contributed by atoms with Gasteiger partial charge in [0.25, 0.3) is 0 Å². The Hall–Kier alpha value is -1.51. The molecule has 20 heavy (non-hydrogen) atoms. The van der Waals surface area contributed by atoms with Crippen molar-refractivity contribution in [2.45, 2.75) is 51.5 Å². The minimum atomic E-state index is -0.830. The molecule has 1 aromatic rings. The quantitative estimate of drug-likeness (QED) is 0.889. The number of hydrogen-bond donors (Lipinski definition) is 1. The van der Waals surface area contributed by atoms with Crippen LogP contribution in [0.15, 0.2) is 18.2 Å². The maximum absolute atomic E-state index is 11.1. The molecule has 1 saturated carbocycles. The molecule has 1 heterocycles. The number of carboxylic acids is 1. The molecule has 1 aliphatic heterocycles. The number of aryl methyl sites for hydroxylation is 1. The van der Waals surface area contributed by atoms with Crippen molar-refractivity contribution in [2.75, 3.05) is 11.4 Å². The van der Waals surface area contributed by atoms with Gasteiger partial charge in [-0.15, -0.1) is 0 Å². The lowest BCUT2D eigenvalue weighted by molar-refractivity contribution is 0.0696. The molecule has 0 spiro atoms. The number of benzene rings is 1. The van der Waals surface area contributed by atoms with E-state index in [-0.39, 0.29) is 0 Å². The first kappa shape index (κ1) is 13.5. The lowest BCUT2D eigenvalue weighted by Crippen LogP contribution is -2.46. The van der Waals surface area contributed by atoms with Crippen LogP contribution in [-0.2, 0) is 0 Å². The van der Waals surface area contributed by atoms with Gasteiger partial charge in [-0.3, -0.25) is 0 Å². The monoisotopic (exact) mass is 273 g/mol. The van der Waals surface area contributed by atoms with E-state index in [9.17, 15) is 4.79 Å². The molecule has 2 aliphatic rings. The van der Waals surface area contributed by atoms with Crippen molar-refractivity contribution in [1.82, 2.24) is 0 Å². The van der Waals surface area contributed by atoms with Crippen LogP contribution in [0.3, 0.4) is 0 Å². The Morgan fingerprint density at radius 3 is 2.70 bits per heavy atom. The summed E-state index contributed by atoms with van der Waals surface area (Å²) in [7, 11) is 0. The van der Waals surface area contributed by atoms with E-state index in [4.69, 9.17) is 5.11 Å². The molecule has 2 fully saturated rings. The number of fused-ring (bicyclic) bond motifs is 1. The van der Waals surface area contributed by atoms with Gasteiger partial charge >= 0.3 is 5.97 Å². The molecule has 3 heteroatoms. The number of hydrogen-bond acceptors (Lipinski definition) is 2. The molecule has 3 nitrogen and oxygen atoms in total. The second-order valence-corrected chi connectivity index (χ2v) is 6.25. The average molecular weight is 273 g/mol. The first-order valence-corrected chi connectivity index (χ1v) is 7.77. The van der Waals surface area contributed by atoms with Crippen LogP contribution in [0.4, 0.5) is 5.69 Å². The van der Waals surface area contributed by atoms with Gasteiger partial charge in [0.05, 0.1) is 5.56 Å². The van der Waals surface area contributed by atoms with Gasteiger partial charge in [0.15, 0.2) is 0 Å². The van der Waals surface area contributed by atoms with Gasteiger partial charge in [0.1, 0.15) is 0 Å². The first-order chi connectivity index (χ1) is 9.66. The van der Waals surface area contributed by atoms with Gasteiger partial charge in [-0.05, 0) is 62.3 Å². The highest BCUT2D eigenvalue weighted by Crippen LogP contribution is 2.38. The van der Waals surface area contributed by atoms with Crippen LogP contribution in [0.2, 0.25) is 0 Å². The molecule has 1 N–H and O–H groups in total. The van der Waals surface area contributed by atoms with Crippen LogP contribution < -0.4 is 4.90 Å². The van der Waals surface area contributed by atoms with E-state index in [0.717, 1.165) is 18.0 Å². The Balaban J connectivity index is 1.87. The Bertz CT molecular complexity index is 510. The number of carbonyl (C=O) groups is 1. The number of rotatable bonds is 2. The Kier molecular flexibility index (Phi) is 3.68. The molecule has 0 amide bonds. The second-order valence-electron chi connectivity index (χ2n) is 6.25. The van der Waals surface area contributed by atoms with Crippen molar-refractivity contribution in [2.24, 2.45) is 5.92 Å². The average Bonchev–Trinajstić information content (AvgIpc) is 2.46. The summed E-state index contributed by atoms with van der Waals surface area (Å²) in [5.74, 6) is 0.0141. The van der Waals surface area contributed by atoms with Crippen molar-refractivity contribution < 1.29 is 9.90 Å². The van der Waals surface area contributed by atoms with Gasteiger partial charge in [-0.1, -0.05) is 12.8 Å². The highest BCUT2D eigenvalue weighted by molar-refractivity contribution is 5.89. The zero-order valence-corrected chi connectivity index (χ0v) is 12.1. The molecule has 0 radical (unpaired) electrons. The van der Waals surface area contributed by atoms with E-state index >= 15 is 0 Å². The highest BCUT2D eigenvalue weighted by atomic mass is 16.4. The number of piperidine rings is 1. The summed E-state index contributed by atoms with van der Waals surface area (Å²) < 4.78 is 0.